The Morgan fingerprint density at radius 1 is 1.07 bits per heavy atom. The third kappa shape index (κ3) is 6.24. The topological polar surface area (TPSA) is 123 Å². The summed E-state index contributed by atoms with van der Waals surface area (Å²) >= 11 is 0. The van der Waals surface area contributed by atoms with Crippen molar-refractivity contribution in [1.82, 2.24) is 15.3 Å². The fourth-order valence-corrected chi connectivity index (χ4v) is 5.35. The maximum atomic E-state index is 12.9. The SMILES string of the molecule is Cc1ccc(-c2ccc(C(=O)NCC3CCC(Nc4nc(N(C)C)c5ccccc5n4)CC3)o2)c(/C(C=O)=C\[O-])c1. The van der Waals surface area contributed by atoms with Crippen LogP contribution in [0.3, 0.4) is 0 Å². The molecular formula is C32H34N5O4-. The van der Waals surface area contributed by atoms with Gasteiger partial charge in [-0.2, -0.15) is 4.98 Å². The molecule has 0 spiro atoms. The number of carbonyl (C=O) groups is 2. The third-order valence-corrected chi connectivity index (χ3v) is 7.57. The molecule has 2 N–H and O–H groups in total. The lowest BCUT2D eigenvalue weighted by molar-refractivity contribution is -0.273. The summed E-state index contributed by atoms with van der Waals surface area (Å²) in [4.78, 5) is 35.8. The molecule has 2 aromatic carbocycles. The van der Waals surface area contributed by atoms with Gasteiger partial charge in [-0.1, -0.05) is 35.9 Å². The Kier molecular flexibility index (Phi) is 8.33. The number of aryl methyl sites for hydroxylation is 1. The summed E-state index contributed by atoms with van der Waals surface area (Å²) in [5.41, 5.74) is 2.91. The zero-order valence-corrected chi connectivity index (χ0v) is 23.5. The molecule has 1 aliphatic rings. The molecule has 5 rings (SSSR count). The number of hydrogen-bond acceptors (Lipinski definition) is 8. The van der Waals surface area contributed by atoms with Crippen molar-refractivity contribution in [2.75, 3.05) is 30.9 Å². The van der Waals surface area contributed by atoms with Crippen molar-refractivity contribution in [2.45, 2.75) is 38.6 Å². The number of carbonyl (C=O) groups excluding carboxylic acids is 2. The Labute approximate surface area is 239 Å². The molecule has 0 radical (unpaired) electrons. The van der Waals surface area contributed by atoms with E-state index < -0.39 is 0 Å². The largest absolute Gasteiger partial charge is 0.877 e. The molecule has 0 unspecified atom stereocenters. The number of para-hydroxylation sites is 1. The van der Waals surface area contributed by atoms with Gasteiger partial charge in [-0.25, -0.2) is 4.98 Å². The van der Waals surface area contributed by atoms with Crippen molar-refractivity contribution in [3.63, 3.8) is 0 Å². The van der Waals surface area contributed by atoms with Crippen LogP contribution >= 0.6 is 0 Å². The molecule has 41 heavy (non-hydrogen) atoms. The summed E-state index contributed by atoms with van der Waals surface area (Å²) in [6.07, 6.45) is 4.92. The Hall–Kier alpha value is -4.66. The first-order valence-corrected chi connectivity index (χ1v) is 13.8. The molecule has 1 amide bonds. The molecule has 0 saturated heterocycles. The smallest absolute Gasteiger partial charge is 0.287 e. The number of nitrogens with zero attached hydrogens (tertiary/aromatic N) is 3. The molecule has 1 fully saturated rings. The number of anilines is 2. The van der Waals surface area contributed by atoms with E-state index in [0.29, 0.717) is 47.8 Å². The number of aldehydes is 1. The van der Waals surface area contributed by atoms with Crippen LogP contribution in [0.5, 0.6) is 0 Å². The molecule has 0 atom stereocenters. The predicted molar refractivity (Wildman–Crippen MR) is 158 cm³/mol. The summed E-state index contributed by atoms with van der Waals surface area (Å²) in [5.74, 6) is 2.21. The molecular weight excluding hydrogens is 518 g/mol. The lowest BCUT2D eigenvalue weighted by atomic mass is 9.86. The minimum absolute atomic E-state index is 0.0292. The zero-order chi connectivity index (χ0) is 28.9. The minimum atomic E-state index is -0.291. The van der Waals surface area contributed by atoms with Crippen molar-refractivity contribution >= 4 is 40.4 Å². The Morgan fingerprint density at radius 3 is 2.59 bits per heavy atom. The van der Waals surface area contributed by atoms with Crippen LogP contribution in [0.2, 0.25) is 0 Å². The van der Waals surface area contributed by atoms with Gasteiger partial charge in [-0.05, 0) is 68.4 Å². The van der Waals surface area contributed by atoms with Gasteiger partial charge >= 0.3 is 0 Å². The van der Waals surface area contributed by atoms with Crippen molar-refractivity contribution < 1.29 is 19.1 Å². The first kappa shape index (κ1) is 27.9. The molecule has 1 aliphatic carbocycles. The molecule has 0 bridgehead atoms. The van der Waals surface area contributed by atoms with Crippen LogP contribution in [0.4, 0.5) is 11.8 Å². The maximum Gasteiger partial charge on any atom is 0.287 e. The number of hydrogen-bond donors (Lipinski definition) is 2. The van der Waals surface area contributed by atoms with E-state index in [1.807, 2.05) is 56.3 Å². The normalized spacial score (nSPS) is 17.3. The molecule has 0 aliphatic heterocycles. The van der Waals surface area contributed by atoms with Crippen molar-refractivity contribution in [3.8, 4) is 11.3 Å². The van der Waals surface area contributed by atoms with E-state index >= 15 is 0 Å². The lowest BCUT2D eigenvalue weighted by Crippen LogP contribution is -2.34. The van der Waals surface area contributed by atoms with E-state index in [0.717, 1.165) is 48.0 Å². The Bertz CT molecular complexity index is 1580. The van der Waals surface area contributed by atoms with E-state index in [1.165, 1.54) is 0 Å². The van der Waals surface area contributed by atoms with Gasteiger partial charge in [0, 0.05) is 43.2 Å². The van der Waals surface area contributed by atoms with E-state index in [4.69, 9.17) is 14.4 Å². The summed E-state index contributed by atoms with van der Waals surface area (Å²) in [6, 6.07) is 17.0. The molecule has 2 aromatic heterocycles. The van der Waals surface area contributed by atoms with E-state index in [9.17, 15) is 14.7 Å². The average Bonchev–Trinajstić information content (AvgIpc) is 3.47. The standard InChI is InChI=1S/C32H35N5O4/c1-20-8-13-24(26(16-20)22(18-38)19-39)28-14-15-29(41-28)31(40)33-17-21-9-11-23(12-10-21)34-32-35-27-7-5-4-6-25(27)30(36-32)37(2)3/h4-8,13-16,18-19,21,23,38H,9-12,17H2,1-3H3,(H,33,40)(H,34,35,36)/p-1/b22-18-. The van der Waals surface area contributed by atoms with Crippen LogP contribution in [0.1, 0.15) is 47.4 Å². The highest BCUT2D eigenvalue weighted by Gasteiger charge is 2.24. The molecule has 212 valence electrons. The lowest BCUT2D eigenvalue weighted by Gasteiger charge is -2.29. The highest BCUT2D eigenvalue weighted by atomic mass is 16.4. The maximum absolute atomic E-state index is 12.9. The monoisotopic (exact) mass is 552 g/mol. The second kappa shape index (κ2) is 12.2. The van der Waals surface area contributed by atoms with Gasteiger partial charge in [0.2, 0.25) is 5.95 Å². The molecule has 2 heterocycles. The minimum Gasteiger partial charge on any atom is -0.877 e. The van der Waals surface area contributed by atoms with Gasteiger partial charge in [0.25, 0.3) is 5.91 Å². The number of benzene rings is 2. The summed E-state index contributed by atoms with van der Waals surface area (Å²) in [7, 11) is 3.97. The second-order valence-electron chi connectivity index (χ2n) is 10.8. The zero-order valence-electron chi connectivity index (χ0n) is 23.5. The van der Waals surface area contributed by atoms with Crippen LogP contribution in [0, 0.1) is 12.8 Å². The third-order valence-electron chi connectivity index (χ3n) is 7.57. The summed E-state index contributed by atoms with van der Waals surface area (Å²) < 4.78 is 5.85. The molecule has 9 nitrogen and oxygen atoms in total. The fraction of sp³-hybridized carbons (Fsp3) is 0.312. The van der Waals surface area contributed by atoms with Crippen LogP contribution in [-0.4, -0.2) is 48.8 Å². The van der Waals surface area contributed by atoms with Gasteiger partial charge in [0.1, 0.15) is 17.9 Å². The van der Waals surface area contributed by atoms with Crippen molar-refractivity contribution in [3.05, 3.63) is 77.7 Å². The number of rotatable bonds is 9. The van der Waals surface area contributed by atoms with Crippen molar-refractivity contribution in [1.29, 1.82) is 0 Å². The van der Waals surface area contributed by atoms with E-state index in [-0.39, 0.29) is 23.3 Å². The van der Waals surface area contributed by atoms with Gasteiger partial charge in [0.15, 0.2) is 5.76 Å². The fourth-order valence-electron chi connectivity index (χ4n) is 5.35. The van der Waals surface area contributed by atoms with Gasteiger partial charge in [-0.15, -0.1) is 6.26 Å². The number of amides is 1. The number of fused-ring (bicyclic) bond motifs is 1. The van der Waals surface area contributed by atoms with Gasteiger partial charge in [-0.3, -0.25) is 9.59 Å². The molecule has 1 saturated carbocycles. The van der Waals surface area contributed by atoms with Crippen LogP contribution in [0.25, 0.3) is 27.8 Å². The predicted octanol–water partition coefficient (Wildman–Crippen LogP) is 4.57. The Balaban J connectivity index is 1.16. The second-order valence-corrected chi connectivity index (χ2v) is 10.8. The first-order valence-electron chi connectivity index (χ1n) is 13.8. The van der Waals surface area contributed by atoms with Crippen LogP contribution < -0.4 is 20.6 Å². The number of allylic oxidation sites excluding steroid dienone is 1. The summed E-state index contributed by atoms with van der Waals surface area (Å²) in [5, 5.41) is 19.0. The van der Waals surface area contributed by atoms with Crippen LogP contribution in [0.15, 0.2) is 65.3 Å². The molecule has 4 aromatic rings. The van der Waals surface area contributed by atoms with E-state index in [1.54, 1.807) is 24.3 Å². The average molecular weight is 553 g/mol. The number of aromatic nitrogens is 2. The quantitative estimate of drug-likeness (QED) is 0.176. The highest BCUT2D eigenvalue weighted by molar-refractivity contribution is 6.09. The van der Waals surface area contributed by atoms with Gasteiger partial charge in [0.05, 0.1) is 5.52 Å². The first-order chi connectivity index (χ1) is 19.9. The van der Waals surface area contributed by atoms with Crippen LogP contribution in [-0.2, 0) is 4.79 Å². The molecule has 9 heteroatoms. The van der Waals surface area contributed by atoms with Gasteiger partial charge < -0.3 is 25.1 Å². The number of furan rings is 1. The summed E-state index contributed by atoms with van der Waals surface area (Å²) in [6.45, 7) is 2.44. The van der Waals surface area contributed by atoms with Crippen molar-refractivity contribution in [2.24, 2.45) is 5.92 Å². The number of nitrogens with one attached hydrogen (secondary N) is 2. The van der Waals surface area contributed by atoms with E-state index in [2.05, 4.69) is 10.6 Å². The highest BCUT2D eigenvalue weighted by Crippen LogP contribution is 2.31. The Morgan fingerprint density at radius 2 is 1.85 bits per heavy atom.